The van der Waals surface area contributed by atoms with Crippen LogP contribution in [0.2, 0.25) is 0 Å². The summed E-state index contributed by atoms with van der Waals surface area (Å²) >= 11 is 0. The number of hydrogen-bond donors (Lipinski definition) is 4. The quantitative estimate of drug-likeness (QED) is 0.273. The van der Waals surface area contributed by atoms with Crippen LogP contribution >= 0.6 is 0 Å². The molecule has 10 heteroatoms. The summed E-state index contributed by atoms with van der Waals surface area (Å²) in [6.45, 7) is 14.6. The van der Waals surface area contributed by atoms with Gasteiger partial charge in [0.15, 0.2) is 0 Å². The van der Waals surface area contributed by atoms with Crippen molar-refractivity contribution in [2.75, 3.05) is 5.32 Å². The Morgan fingerprint density at radius 2 is 1.55 bits per heavy atom. The van der Waals surface area contributed by atoms with Crippen LogP contribution in [0.1, 0.15) is 83.5 Å². The largest absolute Gasteiger partial charge is 0.508 e. The predicted octanol–water partition coefficient (Wildman–Crippen LogP) is 5.11. The molecule has 230 valence electrons. The smallest absolute Gasteiger partial charge is 0.408 e. The highest BCUT2D eigenvalue weighted by Gasteiger charge is 2.40. The summed E-state index contributed by atoms with van der Waals surface area (Å²) < 4.78 is 5.34. The van der Waals surface area contributed by atoms with Gasteiger partial charge in [-0.1, -0.05) is 50.2 Å². The van der Waals surface area contributed by atoms with E-state index >= 15 is 0 Å². The Kier molecular flexibility index (Phi) is 11.9. The summed E-state index contributed by atoms with van der Waals surface area (Å²) in [6, 6.07) is 8.63. The molecule has 5 N–H and O–H groups in total. The molecular formula is C32H46N4O6. The third-order valence-corrected chi connectivity index (χ3v) is 6.77. The molecule has 0 aliphatic carbocycles. The zero-order valence-corrected chi connectivity index (χ0v) is 26.0. The zero-order valence-electron chi connectivity index (χ0n) is 26.0. The number of aromatic hydroxyl groups is 1. The summed E-state index contributed by atoms with van der Waals surface area (Å²) in [5.41, 5.74) is 7.06. The van der Waals surface area contributed by atoms with Crippen molar-refractivity contribution in [2.45, 2.75) is 98.4 Å². The highest BCUT2D eigenvalue weighted by molar-refractivity contribution is 6.01. The number of amides is 4. The molecule has 3 unspecified atom stereocenters. The molecule has 0 bridgehead atoms. The Labute approximate surface area is 249 Å². The normalized spacial score (nSPS) is 13.5. The molecule has 0 fully saturated rings. The first-order valence-corrected chi connectivity index (χ1v) is 14.3. The number of para-hydroxylation sites is 2. The van der Waals surface area contributed by atoms with Crippen molar-refractivity contribution in [1.29, 1.82) is 0 Å². The molecule has 0 saturated carbocycles. The first kappa shape index (κ1) is 34.1. The van der Waals surface area contributed by atoms with Crippen LogP contribution in [-0.2, 0) is 19.1 Å². The highest BCUT2D eigenvalue weighted by atomic mass is 16.6. The van der Waals surface area contributed by atoms with E-state index < -0.39 is 54.0 Å². The van der Waals surface area contributed by atoms with Crippen molar-refractivity contribution in [3.05, 3.63) is 59.2 Å². The lowest BCUT2D eigenvalue weighted by Gasteiger charge is -2.39. The number of rotatable bonds is 12. The van der Waals surface area contributed by atoms with Gasteiger partial charge in [-0.3, -0.25) is 14.4 Å². The Hall–Kier alpha value is -4.08. The number of nitrogens with one attached hydrogen (secondary N) is 2. The third kappa shape index (κ3) is 9.78. The van der Waals surface area contributed by atoms with Crippen LogP contribution in [-0.4, -0.2) is 51.5 Å². The van der Waals surface area contributed by atoms with Gasteiger partial charge in [0.1, 0.15) is 23.4 Å². The number of ether oxygens (including phenoxy) is 1. The number of aryl methyl sites for hydroxylation is 2. The number of anilines is 1. The van der Waals surface area contributed by atoms with Crippen molar-refractivity contribution in [3.8, 4) is 5.75 Å². The predicted molar refractivity (Wildman–Crippen MR) is 163 cm³/mol. The number of nitrogens with zero attached hydrogens (tertiary/aromatic N) is 1. The summed E-state index contributed by atoms with van der Waals surface area (Å²) in [7, 11) is 0. The lowest BCUT2D eigenvalue weighted by molar-refractivity contribution is -0.144. The number of carbonyl (C=O) groups excluding carboxylic acids is 4. The molecule has 10 nitrogen and oxygen atoms in total. The van der Waals surface area contributed by atoms with Gasteiger partial charge in [-0.05, 0) is 77.5 Å². The SMILES string of the molecule is Cc1cccc(C)c1NC(=O)C(c1ccccc1O)N(C(=O)C(CC(N)=O)NC(=O)OC(C)(C)C)C(C)CCC(C)C. The standard InChI is InChI=1S/C32H46N4O6/c1-19(2)16-17-22(5)36(30(40)24(18-26(33)38)34-31(41)42-32(6,7)8)28(23-14-9-10-15-25(23)37)29(39)35-27-20(3)12-11-13-21(27)4/h9-15,19,22,24,28,37H,16-18H2,1-8H3,(H2,33,38)(H,34,41)(H,35,39). The van der Waals surface area contributed by atoms with E-state index in [2.05, 4.69) is 10.6 Å². The van der Waals surface area contributed by atoms with Crippen LogP contribution in [0.25, 0.3) is 0 Å². The lowest BCUT2D eigenvalue weighted by Crippen LogP contribution is -2.56. The van der Waals surface area contributed by atoms with Gasteiger partial charge < -0.3 is 31.1 Å². The Morgan fingerprint density at radius 1 is 0.952 bits per heavy atom. The van der Waals surface area contributed by atoms with Crippen LogP contribution in [0.5, 0.6) is 5.75 Å². The van der Waals surface area contributed by atoms with E-state index in [1.54, 1.807) is 45.9 Å². The van der Waals surface area contributed by atoms with Gasteiger partial charge in [-0.25, -0.2) is 4.79 Å². The van der Waals surface area contributed by atoms with Crippen LogP contribution in [0.15, 0.2) is 42.5 Å². The van der Waals surface area contributed by atoms with Crippen LogP contribution in [0.3, 0.4) is 0 Å². The van der Waals surface area contributed by atoms with Crippen LogP contribution in [0.4, 0.5) is 10.5 Å². The Morgan fingerprint density at radius 3 is 2.07 bits per heavy atom. The number of alkyl carbamates (subject to hydrolysis) is 1. The number of benzene rings is 2. The fraction of sp³-hybridized carbons (Fsp3) is 0.500. The number of phenolic OH excluding ortho intramolecular Hbond substituents is 1. The van der Waals surface area contributed by atoms with E-state index in [1.807, 2.05) is 45.9 Å². The minimum absolute atomic E-state index is 0.181. The zero-order chi connectivity index (χ0) is 31.8. The monoisotopic (exact) mass is 582 g/mol. The van der Waals surface area contributed by atoms with Gasteiger partial charge in [0.2, 0.25) is 11.8 Å². The third-order valence-electron chi connectivity index (χ3n) is 6.77. The minimum Gasteiger partial charge on any atom is -0.508 e. The second-order valence-corrected chi connectivity index (χ2v) is 12.2. The van der Waals surface area contributed by atoms with Gasteiger partial charge in [0.05, 0.1) is 6.42 Å². The minimum atomic E-state index is -1.42. The average Bonchev–Trinajstić information content (AvgIpc) is 2.86. The van der Waals surface area contributed by atoms with E-state index in [4.69, 9.17) is 10.5 Å². The number of hydrogen-bond acceptors (Lipinski definition) is 6. The molecule has 0 aromatic heterocycles. The molecule has 0 radical (unpaired) electrons. The number of primary amides is 1. The molecular weight excluding hydrogens is 536 g/mol. The molecule has 2 aromatic rings. The Bertz CT molecular complexity index is 1250. The van der Waals surface area contributed by atoms with Crippen molar-refractivity contribution < 1.29 is 29.0 Å². The fourth-order valence-electron chi connectivity index (χ4n) is 4.68. The molecule has 0 aliphatic heterocycles. The maximum absolute atomic E-state index is 14.4. The topological polar surface area (TPSA) is 151 Å². The van der Waals surface area contributed by atoms with Crippen molar-refractivity contribution in [1.82, 2.24) is 10.2 Å². The van der Waals surface area contributed by atoms with Gasteiger partial charge in [0, 0.05) is 17.3 Å². The Balaban J connectivity index is 2.69. The first-order chi connectivity index (χ1) is 19.5. The second kappa shape index (κ2) is 14.7. The van der Waals surface area contributed by atoms with Gasteiger partial charge in [-0.2, -0.15) is 0 Å². The van der Waals surface area contributed by atoms with Gasteiger partial charge in [-0.15, -0.1) is 0 Å². The molecule has 2 rings (SSSR count). The molecule has 42 heavy (non-hydrogen) atoms. The molecule has 0 spiro atoms. The van der Waals surface area contributed by atoms with Crippen molar-refractivity contribution in [2.24, 2.45) is 11.7 Å². The maximum Gasteiger partial charge on any atom is 0.408 e. The van der Waals surface area contributed by atoms with Crippen LogP contribution < -0.4 is 16.4 Å². The second-order valence-electron chi connectivity index (χ2n) is 12.2. The van der Waals surface area contributed by atoms with E-state index in [0.29, 0.717) is 18.0 Å². The summed E-state index contributed by atoms with van der Waals surface area (Å²) in [5, 5.41) is 16.4. The van der Waals surface area contributed by atoms with E-state index in [1.165, 1.54) is 11.0 Å². The van der Waals surface area contributed by atoms with Crippen molar-refractivity contribution >= 4 is 29.5 Å². The molecule has 2 aromatic carbocycles. The summed E-state index contributed by atoms with van der Waals surface area (Å²) in [5.74, 6) is -1.97. The maximum atomic E-state index is 14.4. The lowest BCUT2D eigenvalue weighted by atomic mass is 9.96. The van der Waals surface area contributed by atoms with E-state index in [-0.39, 0.29) is 11.3 Å². The highest BCUT2D eigenvalue weighted by Crippen LogP contribution is 2.34. The molecule has 0 heterocycles. The molecule has 3 atom stereocenters. The van der Waals surface area contributed by atoms with Crippen LogP contribution in [0, 0.1) is 19.8 Å². The molecule has 0 saturated heterocycles. The van der Waals surface area contributed by atoms with Gasteiger partial charge in [0.25, 0.3) is 5.91 Å². The summed E-state index contributed by atoms with van der Waals surface area (Å²) in [4.78, 5) is 54.7. The first-order valence-electron chi connectivity index (χ1n) is 14.3. The number of carbonyl (C=O) groups is 4. The summed E-state index contributed by atoms with van der Waals surface area (Å²) in [6.07, 6.45) is -0.176. The van der Waals surface area contributed by atoms with Crippen molar-refractivity contribution in [3.63, 3.8) is 0 Å². The molecule has 4 amide bonds. The molecule has 0 aliphatic rings. The fourth-order valence-corrected chi connectivity index (χ4v) is 4.68. The van der Waals surface area contributed by atoms with Gasteiger partial charge >= 0.3 is 6.09 Å². The number of nitrogens with two attached hydrogens (primary N) is 1. The average molecular weight is 583 g/mol. The van der Waals surface area contributed by atoms with E-state index in [9.17, 15) is 24.3 Å². The van der Waals surface area contributed by atoms with E-state index in [0.717, 1.165) is 17.5 Å². The number of phenols is 1.